The first kappa shape index (κ1) is 31.7. The minimum Gasteiger partial charge on any atom is -0.390 e. The smallest absolute Gasteiger partial charge is 0.255 e. The highest BCUT2D eigenvalue weighted by Gasteiger charge is 2.56. The second kappa shape index (κ2) is 12.0. The number of aliphatic hydroxyl groups excluding tert-OH is 2. The number of anilines is 1. The number of hydrogen-bond donors (Lipinski definition) is 5. The van der Waals surface area contributed by atoms with Gasteiger partial charge in [0.1, 0.15) is 0 Å². The van der Waals surface area contributed by atoms with Crippen LogP contribution in [0.25, 0.3) is 0 Å². The highest BCUT2D eigenvalue weighted by atomic mass is 35.5. The lowest BCUT2D eigenvalue weighted by Crippen LogP contribution is -2.55. The largest absolute Gasteiger partial charge is 0.390 e. The molecule has 5 atom stereocenters. The van der Waals surface area contributed by atoms with Crippen LogP contribution in [0.4, 0.5) is 18.9 Å². The molecule has 0 heterocycles. The van der Waals surface area contributed by atoms with E-state index < -0.39 is 74.0 Å². The number of amides is 2. The first-order valence-corrected chi connectivity index (χ1v) is 16.0. The fraction of sp³-hybridized carbons (Fsp3) is 0.517. The molecule has 0 saturated heterocycles. The molecule has 3 fully saturated rings. The molecule has 0 radical (unpaired) electrons. The van der Waals surface area contributed by atoms with Crippen LogP contribution in [0.2, 0.25) is 5.02 Å². The van der Waals surface area contributed by atoms with Gasteiger partial charge in [-0.05, 0) is 75.0 Å². The SMILES string of the molecule is O=C(Nc1cc(F)c(F)c(F)c1)c1ccc(Cl)c(S(=O)(=O)C2CC3CCC(C2)C3(O)CNC(=O)C2CCC(O)C(O)C2)c1. The topological polar surface area (TPSA) is 153 Å². The van der Waals surface area contributed by atoms with E-state index in [1.165, 1.54) is 12.1 Å². The third kappa shape index (κ3) is 6.15. The fourth-order valence-corrected chi connectivity index (χ4v) is 9.17. The van der Waals surface area contributed by atoms with E-state index in [1.54, 1.807) is 0 Å². The van der Waals surface area contributed by atoms with Crippen molar-refractivity contribution in [2.45, 2.75) is 72.9 Å². The second-order valence-corrected chi connectivity index (χ2v) is 14.4. The van der Waals surface area contributed by atoms with Gasteiger partial charge in [0.05, 0.1) is 33.0 Å². The average molecular weight is 645 g/mol. The van der Waals surface area contributed by atoms with Crippen molar-refractivity contribution in [2.75, 3.05) is 11.9 Å². The molecule has 0 spiro atoms. The van der Waals surface area contributed by atoms with Crippen LogP contribution < -0.4 is 10.6 Å². The van der Waals surface area contributed by atoms with Crippen LogP contribution in [0, 0.1) is 35.2 Å². The number of benzene rings is 2. The van der Waals surface area contributed by atoms with Gasteiger partial charge in [0.25, 0.3) is 5.91 Å². The van der Waals surface area contributed by atoms with Crippen molar-refractivity contribution in [1.82, 2.24) is 5.32 Å². The Balaban J connectivity index is 1.28. The first-order chi connectivity index (χ1) is 20.2. The number of aliphatic hydroxyl groups is 3. The van der Waals surface area contributed by atoms with Gasteiger partial charge < -0.3 is 26.0 Å². The molecule has 9 nitrogen and oxygen atoms in total. The molecule has 43 heavy (non-hydrogen) atoms. The molecule has 234 valence electrons. The van der Waals surface area contributed by atoms with Gasteiger partial charge in [0.15, 0.2) is 27.3 Å². The number of halogens is 4. The molecular formula is C29H32ClF3N2O7S. The molecule has 3 aliphatic rings. The zero-order valence-corrected chi connectivity index (χ0v) is 24.5. The fourth-order valence-electron chi connectivity index (χ4n) is 6.77. The summed E-state index contributed by atoms with van der Waals surface area (Å²) >= 11 is 6.26. The number of fused-ring (bicyclic) bond motifs is 2. The van der Waals surface area contributed by atoms with Gasteiger partial charge in [-0.2, -0.15) is 0 Å². The van der Waals surface area contributed by atoms with Gasteiger partial charge in [-0.1, -0.05) is 11.6 Å². The molecule has 14 heteroatoms. The van der Waals surface area contributed by atoms with Gasteiger partial charge in [-0.25, -0.2) is 21.6 Å². The standard InChI is InChI=1S/C29H32ClF3N2O7S/c30-20-5-1-15(28(39)35-18-11-21(31)26(33)22(32)12-18)8-25(20)43(41,42)19-9-16-3-4-17(10-19)29(16,40)13-34-27(38)14-2-6-23(36)24(37)7-14/h1,5,8,11-12,14,16-17,19,23-24,36-37,40H,2-4,6-7,9-10,13H2,(H,34,38)(H,35,39). The Labute approximate surface area is 251 Å². The lowest BCUT2D eigenvalue weighted by molar-refractivity contribution is -0.132. The predicted octanol–water partition coefficient (Wildman–Crippen LogP) is 3.34. The third-order valence-corrected chi connectivity index (χ3v) is 11.9. The van der Waals surface area contributed by atoms with E-state index in [0.717, 1.165) is 6.07 Å². The number of nitrogens with one attached hydrogen (secondary N) is 2. The van der Waals surface area contributed by atoms with E-state index in [1.807, 2.05) is 0 Å². The van der Waals surface area contributed by atoms with Crippen molar-refractivity contribution in [1.29, 1.82) is 0 Å². The number of hydrogen-bond acceptors (Lipinski definition) is 7. The molecule has 2 amide bonds. The molecule has 0 aliphatic heterocycles. The normalized spacial score (nSPS) is 30.6. The Morgan fingerprint density at radius 3 is 2.16 bits per heavy atom. The Morgan fingerprint density at radius 2 is 1.56 bits per heavy atom. The molecule has 2 bridgehead atoms. The number of carbonyl (C=O) groups is 2. The van der Waals surface area contributed by atoms with Crippen molar-refractivity contribution in [3.05, 3.63) is 58.4 Å². The maximum Gasteiger partial charge on any atom is 0.255 e. The van der Waals surface area contributed by atoms with Crippen molar-refractivity contribution < 1.29 is 46.5 Å². The third-order valence-electron chi connectivity index (χ3n) is 9.25. The lowest BCUT2D eigenvalue weighted by atomic mass is 9.74. The Hall–Kier alpha value is -2.71. The van der Waals surface area contributed by atoms with Crippen molar-refractivity contribution >= 4 is 38.9 Å². The molecule has 0 aromatic heterocycles. The van der Waals surface area contributed by atoms with Gasteiger partial charge in [-0.15, -0.1) is 0 Å². The van der Waals surface area contributed by atoms with E-state index in [9.17, 15) is 46.5 Å². The van der Waals surface area contributed by atoms with Crippen LogP contribution >= 0.6 is 11.6 Å². The Kier molecular flexibility index (Phi) is 8.85. The second-order valence-electron chi connectivity index (χ2n) is 11.8. The number of carbonyl (C=O) groups excluding carboxylic acids is 2. The molecular weight excluding hydrogens is 613 g/mol. The summed E-state index contributed by atoms with van der Waals surface area (Å²) in [6.45, 7) is -0.0654. The van der Waals surface area contributed by atoms with Gasteiger partial charge in [0, 0.05) is 35.8 Å². The van der Waals surface area contributed by atoms with Crippen LogP contribution in [0.3, 0.4) is 0 Å². The van der Waals surface area contributed by atoms with Crippen LogP contribution in [0.15, 0.2) is 35.2 Å². The lowest BCUT2D eigenvalue weighted by Gasteiger charge is -2.43. The summed E-state index contributed by atoms with van der Waals surface area (Å²) in [4.78, 5) is 25.2. The average Bonchev–Trinajstić information content (AvgIpc) is 3.11. The number of sulfone groups is 1. The highest BCUT2D eigenvalue weighted by Crippen LogP contribution is 2.52. The molecule has 5 N–H and O–H groups in total. The van der Waals surface area contributed by atoms with Crippen molar-refractivity contribution in [3.63, 3.8) is 0 Å². The minimum atomic E-state index is -4.11. The predicted molar refractivity (Wildman–Crippen MR) is 149 cm³/mol. The Bertz CT molecular complexity index is 1500. The van der Waals surface area contributed by atoms with E-state index in [0.29, 0.717) is 37.8 Å². The summed E-state index contributed by atoms with van der Waals surface area (Å²) < 4.78 is 68.0. The van der Waals surface area contributed by atoms with E-state index in [4.69, 9.17) is 11.6 Å². The zero-order valence-electron chi connectivity index (χ0n) is 22.9. The monoisotopic (exact) mass is 644 g/mol. The summed E-state index contributed by atoms with van der Waals surface area (Å²) in [7, 11) is -4.11. The molecule has 3 saturated carbocycles. The van der Waals surface area contributed by atoms with E-state index >= 15 is 0 Å². The van der Waals surface area contributed by atoms with Crippen LogP contribution in [0.1, 0.15) is 55.3 Å². The molecule has 2 aromatic carbocycles. The maximum absolute atomic E-state index is 13.8. The van der Waals surface area contributed by atoms with E-state index in [-0.39, 0.29) is 52.9 Å². The van der Waals surface area contributed by atoms with Crippen LogP contribution in [0.5, 0.6) is 0 Å². The van der Waals surface area contributed by atoms with Gasteiger partial charge in [0.2, 0.25) is 5.91 Å². The van der Waals surface area contributed by atoms with Gasteiger partial charge in [-0.3, -0.25) is 9.59 Å². The first-order valence-electron chi connectivity index (χ1n) is 14.1. The summed E-state index contributed by atoms with van der Waals surface area (Å²) in [6.07, 6.45) is 0.267. The van der Waals surface area contributed by atoms with Gasteiger partial charge >= 0.3 is 0 Å². The van der Waals surface area contributed by atoms with Crippen LogP contribution in [-0.4, -0.2) is 65.2 Å². The summed E-state index contributed by atoms with van der Waals surface area (Å²) in [5, 5.41) is 35.1. The minimum absolute atomic E-state index is 0.0654. The zero-order chi connectivity index (χ0) is 31.3. The quantitative estimate of drug-likeness (QED) is 0.290. The number of rotatable bonds is 7. The van der Waals surface area contributed by atoms with Crippen molar-refractivity contribution in [2.24, 2.45) is 17.8 Å². The highest BCUT2D eigenvalue weighted by molar-refractivity contribution is 7.92. The van der Waals surface area contributed by atoms with E-state index in [2.05, 4.69) is 10.6 Å². The summed E-state index contributed by atoms with van der Waals surface area (Å²) in [6, 6.07) is 4.72. The van der Waals surface area contributed by atoms with Crippen LogP contribution in [-0.2, 0) is 14.6 Å². The molecule has 2 aromatic rings. The molecule has 5 unspecified atom stereocenters. The molecule has 5 rings (SSSR count). The molecule has 3 aliphatic carbocycles. The maximum atomic E-state index is 13.8. The summed E-state index contributed by atoms with van der Waals surface area (Å²) in [5.74, 6) is -7.30. The summed E-state index contributed by atoms with van der Waals surface area (Å²) in [5.41, 5.74) is -1.85. The Morgan fingerprint density at radius 1 is 0.930 bits per heavy atom. The van der Waals surface area contributed by atoms with Crippen molar-refractivity contribution in [3.8, 4) is 0 Å².